The van der Waals surface area contributed by atoms with Crippen LogP contribution in [0, 0.1) is 11.3 Å². The third-order valence-corrected chi connectivity index (χ3v) is 5.29. The number of fused-ring (bicyclic) bond motifs is 1. The number of ketones is 1. The van der Waals surface area contributed by atoms with Crippen LogP contribution in [0.1, 0.15) is 35.2 Å². The lowest BCUT2D eigenvalue weighted by Crippen LogP contribution is -2.42. The van der Waals surface area contributed by atoms with Crippen LogP contribution in [0.15, 0.2) is 23.1 Å². The Hall–Kier alpha value is -1.02. The molecule has 0 aromatic heterocycles. The standard InChI is InChI=1S/C14H14N2OS.ClH/c15-9-10-1-2-13-11(7-10)12(17)8-14(18-13)3-5-16-6-4-14;/h1-2,7,16H,3-6,8H2;1H. The van der Waals surface area contributed by atoms with Gasteiger partial charge in [0.25, 0.3) is 0 Å². The molecule has 5 heteroatoms. The number of nitrogens with zero attached hydrogens (tertiary/aromatic N) is 1. The molecule has 3 rings (SSSR count). The van der Waals surface area contributed by atoms with Gasteiger partial charge in [-0.1, -0.05) is 0 Å². The summed E-state index contributed by atoms with van der Waals surface area (Å²) in [6.45, 7) is 1.98. The van der Waals surface area contributed by atoms with Gasteiger partial charge in [0.2, 0.25) is 0 Å². The summed E-state index contributed by atoms with van der Waals surface area (Å²) in [6.07, 6.45) is 2.70. The summed E-state index contributed by atoms with van der Waals surface area (Å²) in [5.41, 5.74) is 1.31. The quantitative estimate of drug-likeness (QED) is 0.799. The molecule has 0 atom stereocenters. The zero-order valence-corrected chi connectivity index (χ0v) is 12.1. The lowest BCUT2D eigenvalue weighted by molar-refractivity contribution is 0.0955. The van der Waals surface area contributed by atoms with Gasteiger partial charge in [-0.15, -0.1) is 24.2 Å². The predicted octanol–water partition coefficient (Wildman–Crippen LogP) is 2.78. The summed E-state index contributed by atoms with van der Waals surface area (Å²) >= 11 is 1.83. The average molecular weight is 295 g/mol. The van der Waals surface area contributed by atoms with Gasteiger partial charge in [0.1, 0.15) is 0 Å². The van der Waals surface area contributed by atoms with Crippen molar-refractivity contribution in [2.45, 2.75) is 28.9 Å². The number of rotatable bonds is 0. The van der Waals surface area contributed by atoms with Crippen LogP contribution in [-0.2, 0) is 0 Å². The second-order valence-corrected chi connectivity index (χ2v) is 6.47. The first-order chi connectivity index (χ1) is 8.72. The third kappa shape index (κ3) is 2.64. The van der Waals surface area contributed by atoms with E-state index >= 15 is 0 Å². The summed E-state index contributed by atoms with van der Waals surface area (Å²) in [7, 11) is 0. The summed E-state index contributed by atoms with van der Waals surface area (Å²) in [6, 6.07) is 7.57. The number of hydrogen-bond donors (Lipinski definition) is 1. The topological polar surface area (TPSA) is 52.9 Å². The number of carbonyl (C=O) groups excluding carboxylic acids is 1. The first kappa shape index (κ1) is 14.4. The Morgan fingerprint density at radius 1 is 1.32 bits per heavy atom. The molecule has 0 saturated carbocycles. The summed E-state index contributed by atoms with van der Waals surface area (Å²) < 4.78 is 0.0868. The van der Waals surface area contributed by atoms with Gasteiger partial charge in [-0.25, -0.2) is 0 Å². The number of nitrogens with one attached hydrogen (secondary N) is 1. The minimum Gasteiger partial charge on any atom is -0.317 e. The molecule has 1 saturated heterocycles. The van der Waals surface area contributed by atoms with E-state index in [2.05, 4.69) is 11.4 Å². The molecule has 0 bridgehead atoms. The van der Waals surface area contributed by atoms with E-state index < -0.39 is 0 Å². The van der Waals surface area contributed by atoms with Crippen molar-refractivity contribution in [2.75, 3.05) is 13.1 Å². The van der Waals surface area contributed by atoms with Crippen LogP contribution < -0.4 is 5.32 Å². The van der Waals surface area contributed by atoms with Gasteiger partial charge in [-0.3, -0.25) is 4.79 Å². The van der Waals surface area contributed by atoms with Gasteiger partial charge in [-0.2, -0.15) is 5.26 Å². The molecule has 2 aliphatic rings. The number of hydrogen-bond acceptors (Lipinski definition) is 4. The fourth-order valence-corrected chi connectivity index (χ4v) is 4.22. The van der Waals surface area contributed by atoms with E-state index in [1.54, 1.807) is 12.1 Å². The normalized spacial score (nSPS) is 20.3. The highest BCUT2D eigenvalue weighted by molar-refractivity contribution is 8.01. The molecule has 1 N–H and O–H groups in total. The predicted molar refractivity (Wildman–Crippen MR) is 78.0 cm³/mol. The van der Waals surface area contributed by atoms with Crippen molar-refractivity contribution >= 4 is 30.0 Å². The van der Waals surface area contributed by atoms with Crippen molar-refractivity contribution in [1.82, 2.24) is 5.32 Å². The molecule has 19 heavy (non-hydrogen) atoms. The van der Waals surface area contributed by atoms with Crippen LogP contribution in [0.3, 0.4) is 0 Å². The van der Waals surface area contributed by atoms with Crippen molar-refractivity contribution in [3.8, 4) is 6.07 Å². The number of Topliss-reactive ketones (excluding diaryl/α,β-unsaturated/α-hetero) is 1. The van der Waals surface area contributed by atoms with Gasteiger partial charge >= 0.3 is 0 Å². The second kappa shape index (κ2) is 5.54. The molecule has 1 fully saturated rings. The summed E-state index contributed by atoms with van der Waals surface area (Å²) in [4.78, 5) is 13.3. The molecule has 100 valence electrons. The monoisotopic (exact) mass is 294 g/mol. The molecule has 1 aromatic rings. The molecule has 3 nitrogen and oxygen atoms in total. The first-order valence-corrected chi connectivity index (χ1v) is 7.01. The van der Waals surface area contributed by atoms with Crippen LogP contribution in [0.25, 0.3) is 0 Å². The molecular formula is C14H15ClN2OS. The Labute approximate surface area is 123 Å². The fourth-order valence-electron chi connectivity index (χ4n) is 2.72. The SMILES string of the molecule is Cl.N#Cc1ccc2c(c1)C(=O)CC1(CCNCC1)S2. The summed E-state index contributed by atoms with van der Waals surface area (Å²) in [5, 5.41) is 12.2. The Bertz CT molecular complexity index is 547. The van der Waals surface area contributed by atoms with Gasteiger partial charge in [0.05, 0.1) is 11.6 Å². The number of nitriles is 1. The number of benzene rings is 1. The Kier molecular flexibility index (Phi) is 4.19. The maximum Gasteiger partial charge on any atom is 0.165 e. The number of thioether (sulfide) groups is 1. The van der Waals surface area contributed by atoms with E-state index in [9.17, 15) is 4.79 Å². The molecule has 0 aliphatic carbocycles. The van der Waals surface area contributed by atoms with Gasteiger partial charge in [0.15, 0.2) is 5.78 Å². The lowest BCUT2D eigenvalue weighted by Gasteiger charge is -2.39. The fraction of sp³-hybridized carbons (Fsp3) is 0.429. The van der Waals surface area contributed by atoms with E-state index in [1.165, 1.54) is 0 Å². The van der Waals surface area contributed by atoms with E-state index in [1.807, 2.05) is 17.8 Å². The lowest BCUT2D eigenvalue weighted by atomic mass is 9.88. The molecule has 0 radical (unpaired) electrons. The highest BCUT2D eigenvalue weighted by atomic mass is 35.5. The molecule has 2 aliphatic heterocycles. The van der Waals surface area contributed by atoms with Crippen molar-refractivity contribution < 1.29 is 4.79 Å². The van der Waals surface area contributed by atoms with E-state index in [0.29, 0.717) is 12.0 Å². The number of halogens is 1. The Balaban J connectivity index is 0.00000133. The van der Waals surface area contributed by atoms with Crippen LogP contribution in [0.2, 0.25) is 0 Å². The Morgan fingerprint density at radius 2 is 2.05 bits per heavy atom. The molecule has 2 heterocycles. The Morgan fingerprint density at radius 3 is 2.74 bits per heavy atom. The van der Waals surface area contributed by atoms with Gasteiger partial charge < -0.3 is 5.32 Å². The zero-order valence-electron chi connectivity index (χ0n) is 10.4. The smallest absolute Gasteiger partial charge is 0.165 e. The first-order valence-electron chi connectivity index (χ1n) is 6.20. The minimum absolute atomic E-state index is 0. The minimum atomic E-state index is 0. The molecule has 0 amide bonds. The third-order valence-electron chi connectivity index (χ3n) is 3.73. The number of carbonyl (C=O) groups is 1. The van der Waals surface area contributed by atoms with Crippen molar-refractivity contribution in [3.05, 3.63) is 29.3 Å². The second-order valence-electron chi connectivity index (χ2n) is 4.96. The van der Waals surface area contributed by atoms with E-state index in [-0.39, 0.29) is 22.9 Å². The van der Waals surface area contributed by atoms with E-state index in [0.717, 1.165) is 36.4 Å². The van der Waals surface area contributed by atoms with Gasteiger partial charge in [0, 0.05) is 21.6 Å². The van der Waals surface area contributed by atoms with Crippen LogP contribution >= 0.6 is 24.2 Å². The molecule has 1 spiro atoms. The highest BCUT2D eigenvalue weighted by Gasteiger charge is 2.40. The largest absolute Gasteiger partial charge is 0.317 e. The summed E-state index contributed by atoms with van der Waals surface area (Å²) in [5.74, 6) is 0.197. The zero-order chi connectivity index (χ0) is 12.6. The maximum atomic E-state index is 12.3. The van der Waals surface area contributed by atoms with Crippen LogP contribution in [-0.4, -0.2) is 23.6 Å². The molecule has 1 aromatic carbocycles. The highest BCUT2D eigenvalue weighted by Crippen LogP contribution is 2.48. The van der Waals surface area contributed by atoms with Crippen LogP contribution in [0.5, 0.6) is 0 Å². The van der Waals surface area contributed by atoms with E-state index in [4.69, 9.17) is 5.26 Å². The maximum absolute atomic E-state index is 12.3. The number of piperidine rings is 1. The van der Waals surface area contributed by atoms with Gasteiger partial charge in [-0.05, 0) is 44.1 Å². The molecular weight excluding hydrogens is 280 g/mol. The van der Waals surface area contributed by atoms with Crippen molar-refractivity contribution in [3.63, 3.8) is 0 Å². The average Bonchev–Trinajstić information content (AvgIpc) is 2.39. The molecule has 0 unspecified atom stereocenters. The van der Waals surface area contributed by atoms with Crippen LogP contribution in [0.4, 0.5) is 0 Å². The van der Waals surface area contributed by atoms with Crippen molar-refractivity contribution in [2.24, 2.45) is 0 Å². The van der Waals surface area contributed by atoms with Crippen molar-refractivity contribution in [1.29, 1.82) is 5.26 Å².